The Morgan fingerprint density at radius 1 is 1.21 bits per heavy atom. The number of nitrogens with one attached hydrogen (secondary N) is 1. The average molecular weight is 474 g/mol. The SMILES string of the molecule is CCOCCOC(=O)C1=C(C)NC2=C(C(=O)[C@H](C(=O)OC)[C@H](C)C2)[C@@H]1c1ccc(OC)c(O)c1. The predicted molar refractivity (Wildman–Crippen MR) is 122 cm³/mol. The maximum Gasteiger partial charge on any atom is 0.336 e. The van der Waals surface area contributed by atoms with Crippen LogP contribution >= 0.6 is 0 Å². The van der Waals surface area contributed by atoms with Crippen molar-refractivity contribution in [1.82, 2.24) is 5.32 Å². The van der Waals surface area contributed by atoms with Crippen LogP contribution in [0.2, 0.25) is 0 Å². The number of phenols is 1. The molecule has 9 nitrogen and oxygen atoms in total. The quantitative estimate of drug-likeness (QED) is 0.333. The Hall–Kier alpha value is -3.33. The van der Waals surface area contributed by atoms with Crippen LogP contribution < -0.4 is 10.1 Å². The van der Waals surface area contributed by atoms with Crippen molar-refractivity contribution in [2.75, 3.05) is 34.0 Å². The fourth-order valence-corrected chi connectivity index (χ4v) is 4.59. The van der Waals surface area contributed by atoms with Crippen LogP contribution in [0.4, 0.5) is 0 Å². The fourth-order valence-electron chi connectivity index (χ4n) is 4.59. The number of allylic oxidation sites excluding steroid dienone is 3. The minimum atomic E-state index is -0.992. The summed E-state index contributed by atoms with van der Waals surface area (Å²) in [5.41, 5.74) is 2.19. The molecule has 0 aromatic heterocycles. The molecule has 184 valence electrons. The molecule has 3 atom stereocenters. The first-order valence-electron chi connectivity index (χ1n) is 11.2. The fraction of sp³-hybridized carbons (Fsp3) is 0.480. The molecule has 0 amide bonds. The molecule has 0 unspecified atom stereocenters. The van der Waals surface area contributed by atoms with Gasteiger partial charge in [0.05, 0.1) is 26.4 Å². The third-order valence-electron chi connectivity index (χ3n) is 6.16. The molecule has 1 aliphatic carbocycles. The van der Waals surface area contributed by atoms with Crippen LogP contribution in [-0.4, -0.2) is 56.9 Å². The number of esters is 2. The van der Waals surface area contributed by atoms with E-state index < -0.39 is 29.6 Å². The number of hydrogen-bond donors (Lipinski definition) is 2. The van der Waals surface area contributed by atoms with Gasteiger partial charge < -0.3 is 29.4 Å². The van der Waals surface area contributed by atoms with Crippen molar-refractivity contribution in [1.29, 1.82) is 0 Å². The number of aromatic hydroxyl groups is 1. The lowest BCUT2D eigenvalue weighted by atomic mass is 9.69. The van der Waals surface area contributed by atoms with Crippen LogP contribution in [0.1, 0.15) is 38.7 Å². The summed E-state index contributed by atoms with van der Waals surface area (Å²) >= 11 is 0. The molecule has 1 aromatic rings. The molecular formula is C25H31NO8. The number of hydrogen-bond acceptors (Lipinski definition) is 9. The smallest absolute Gasteiger partial charge is 0.336 e. The van der Waals surface area contributed by atoms with Gasteiger partial charge >= 0.3 is 11.9 Å². The molecular weight excluding hydrogens is 442 g/mol. The Balaban J connectivity index is 2.11. The summed E-state index contributed by atoms with van der Waals surface area (Å²) < 4.78 is 20.7. The first kappa shape index (κ1) is 25.3. The van der Waals surface area contributed by atoms with Crippen molar-refractivity contribution < 1.29 is 38.4 Å². The first-order chi connectivity index (χ1) is 16.2. The highest BCUT2D eigenvalue weighted by Crippen LogP contribution is 2.46. The van der Waals surface area contributed by atoms with Crippen LogP contribution in [0.5, 0.6) is 11.5 Å². The molecule has 3 rings (SSSR count). The zero-order valence-electron chi connectivity index (χ0n) is 20.1. The van der Waals surface area contributed by atoms with Crippen molar-refractivity contribution in [3.05, 3.63) is 46.3 Å². The van der Waals surface area contributed by atoms with Gasteiger partial charge in [-0.25, -0.2) is 4.79 Å². The maximum atomic E-state index is 13.7. The minimum absolute atomic E-state index is 0.0473. The predicted octanol–water partition coefficient (Wildman–Crippen LogP) is 2.59. The summed E-state index contributed by atoms with van der Waals surface area (Å²) in [4.78, 5) is 39.3. The molecule has 0 bridgehead atoms. The Morgan fingerprint density at radius 3 is 2.56 bits per heavy atom. The van der Waals surface area contributed by atoms with Gasteiger partial charge in [-0.1, -0.05) is 13.0 Å². The van der Waals surface area contributed by atoms with Crippen LogP contribution in [0.25, 0.3) is 0 Å². The number of ketones is 1. The molecule has 0 radical (unpaired) electrons. The maximum absolute atomic E-state index is 13.7. The highest BCUT2D eigenvalue weighted by molar-refractivity contribution is 6.12. The summed E-state index contributed by atoms with van der Waals surface area (Å²) in [7, 11) is 2.67. The summed E-state index contributed by atoms with van der Waals surface area (Å²) in [5.74, 6) is -3.66. The second-order valence-corrected chi connectivity index (χ2v) is 8.30. The van der Waals surface area contributed by atoms with Crippen molar-refractivity contribution in [2.45, 2.75) is 33.1 Å². The van der Waals surface area contributed by atoms with Gasteiger partial charge in [0.25, 0.3) is 0 Å². The molecule has 34 heavy (non-hydrogen) atoms. The molecule has 9 heteroatoms. The van der Waals surface area contributed by atoms with Crippen molar-refractivity contribution >= 4 is 17.7 Å². The number of benzene rings is 1. The summed E-state index contributed by atoms with van der Waals surface area (Å²) in [6.07, 6.45) is 0.420. The van der Waals surface area contributed by atoms with E-state index >= 15 is 0 Å². The zero-order chi connectivity index (χ0) is 25.0. The number of methoxy groups -OCH3 is 2. The molecule has 0 fully saturated rings. The number of ether oxygens (including phenoxy) is 4. The van der Waals surface area contributed by atoms with Gasteiger partial charge in [0.2, 0.25) is 0 Å². The van der Waals surface area contributed by atoms with Crippen molar-refractivity contribution in [3.63, 3.8) is 0 Å². The summed E-state index contributed by atoms with van der Waals surface area (Å²) in [6, 6.07) is 4.70. The van der Waals surface area contributed by atoms with Gasteiger partial charge in [0, 0.05) is 29.5 Å². The van der Waals surface area contributed by atoms with Crippen LogP contribution in [0, 0.1) is 11.8 Å². The van der Waals surface area contributed by atoms with Crippen LogP contribution in [0.15, 0.2) is 40.7 Å². The van der Waals surface area contributed by atoms with Gasteiger partial charge in [0.1, 0.15) is 12.5 Å². The largest absolute Gasteiger partial charge is 0.504 e. The van der Waals surface area contributed by atoms with E-state index in [2.05, 4.69) is 5.32 Å². The number of phenolic OH excluding ortho intramolecular Hbond substituents is 1. The molecule has 0 saturated heterocycles. The molecule has 1 heterocycles. The Morgan fingerprint density at radius 2 is 1.94 bits per heavy atom. The lowest BCUT2D eigenvalue weighted by molar-refractivity contribution is -0.151. The van der Waals surface area contributed by atoms with E-state index in [1.165, 1.54) is 20.3 Å². The van der Waals surface area contributed by atoms with Crippen molar-refractivity contribution in [2.24, 2.45) is 11.8 Å². The van der Waals surface area contributed by atoms with E-state index in [-0.39, 0.29) is 36.2 Å². The van der Waals surface area contributed by atoms with Gasteiger partial charge in [-0.2, -0.15) is 0 Å². The highest BCUT2D eigenvalue weighted by Gasteiger charge is 2.47. The van der Waals surface area contributed by atoms with Crippen LogP contribution in [-0.2, 0) is 28.6 Å². The third kappa shape index (κ3) is 4.79. The Labute approximate surface area is 198 Å². The molecule has 0 spiro atoms. The zero-order valence-corrected chi connectivity index (χ0v) is 20.1. The average Bonchev–Trinajstić information content (AvgIpc) is 2.80. The van der Waals surface area contributed by atoms with Crippen molar-refractivity contribution in [3.8, 4) is 11.5 Å². The van der Waals surface area contributed by atoms with Gasteiger partial charge in [-0.15, -0.1) is 0 Å². The number of Topliss-reactive ketones (excluding diaryl/α,β-unsaturated/α-hetero) is 1. The van der Waals surface area contributed by atoms with E-state index in [0.717, 1.165) is 0 Å². The second-order valence-electron chi connectivity index (χ2n) is 8.30. The Kier molecular flexibility index (Phi) is 7.98. The van der Waals surface area contributed by atoms with Crippen LogP contribution in [0.3, 0.4) is 0 Å². The van der Waals surface area contributed by atoms with Gasteiger partial charge in [-0.05, 0) is 43.9 Å². The van der Waals surface area contributed by atoms with E-state index in [1.807, 2.05) is 13.8 Å². The summed E-state index contributed by atoms with van der Waals surface area (Å²) in [6.45, 7) is 6.17. The topological polar surface area (TPSA) is 120 Å². The number of rotatable bonds is 8. The van der Waals surface area contributed by atoms with E-state index in [0.29, 0.717) is 35.6 Å². The van der Waals surface area contributed by atoms with E-state index in [9.17, 15) is 19.5 Å². The minimum Gasteiger partial charge on any atom is -0.504 e. The number of carbonyl (C=O) groups is 3. The monoisotopic (exact) mass is 473 g/mol. The first-order valence-corrected chi connectivity index (χ1v) is 11.2. The second kappa shape index (κ2) is 10.7. The molecule has 2 aliphatic rings. The number of carbonyl (C=O) groups excluding carboxylic acids is 3. The standard InChI is InChI=1S/C25H31NO8/c1-6-33-9-10-34-25(30)20-14(3)26-16-11-13(2)19(24(29)32-5)23(28)22(16)21(20)15-7-8-18(31-4)17(27)12-15/h7-8,12-13,19,21,26-27H,6,9-11H2,1-5H3/t13-,19-,21-/m1/s1. The molecule has 2 N–H and O–H groups in total. The third-order valence-corrected chi connectivity index (χ3v) is 6.16. The highest BCUT2D eigenvalue weighted by atomic mass is 16.6. The van der Waals surface area contributed by atoms with E-state index in [4.69, 9.17) is 18.9 Å². The molecule has 1 aliphatic heterocycles. The lowest BCUT2D eigenvalue weighted by Gasteiger charge is -2.38. The molecule has 1 aromatic carbocycles. The molecule has 0 saturated carbocycles. The Bertz CT molecular complexity index is 1040. The van der Waals surface area contributed by atoms with Gasteiger partial charge in [-0.3, -0.25) is 9.59 Å². The number of dihydropyridines is 1. The van der Waals surface area contributed by atoms with Gasteiger partial charge in [0.15, 0.2) is 17.3 Å². The lowest BCUT2D eigenvalue weighted by Crippen LogP contribution is -2.43. The summed E-state index contributed by atoms with van der Waals surface area (Å²) in [5, 5.41) is 13.6. The van der Waals surface area contributed by atoms with E-state index in [1.54, 1.807) is 19.1 Å². The normalized spacial score (nSPS) is 22.1.